The molecule has 0 saturated carbocycles. The Hall–Kier alpha value is -2.62. The van der Waals surface area contributed by atoms with E-state index in [-0.39, 0.29) is 12.5 Å². The molecule has 0 spiro atoms. The van der Waals surface area contributed by atoms with Gasteiger partial charge in [0.05, 0.1) is 11.0 Å². The predicted molar refractivity (Wildman–Crippen MR) is 98.5 cm³/mol. The van der Waals surface area contributed by atoms with Crippen LogP contribution in [0.15, 0.2) is 30.3 Å². The molecular weight excluding hydrogens is 298 g/mol. The average molecular weight is 321 g/mol. The van der Waals surface area contributed by atoms with E-state index in [0.717, 1.165) is 33.7 Å². The van der Waals surface area contributed by atoms with E-state index in [1.165, 1.54) is 11.1 Å². The Morgan fingerprint density at radius 2 is 1.58 bits per heavy atom. The van der Waals surface area contributed by atoms with E-state index in [0.29, 0.717) is 0 Å². The molecule has 3 rings (SSSR count). The minimum absolute atomic E-state index is 0.0411. The standard InChI is InChI=1S/C20H23N3O/c1-12-6-13(2)8-17(7-12)22-20(24)11-23-16(5)21-18-9-14(3)15(4)10-19(18)23/h6-10H,11H2,1-5H3,(H,22,24). The summed E-state index contributed by atoms with van der Waals surface area (Å²) in [6, 6.07) is 10.2. The molecule has 1 aromatic heterocycles. The maximum Gasteiger partial charge on any atom is 0.244 e. The smallest absolute Gasteiger partial charge is 0.244 e. The largest absolute Gasteiger partial charge is 0.325 e. The van der Waals surface area contributed by atoms with Gasteiger partial charge in [-0.2, -0.15) is 0 Å². The Labute approximate surface area is 142 Å². The molecule has 0 aliphatic heterocycles. The highest BCUT2D eigenvalue weighted by atomic mass is 16.1. The van der Waals surface area contributed by atoms with Crippen LogP contribution in [-0.2, 0) is 11.3 Å². The fraction of sp³-hybridized carbons (Fsp3) is 0.300. The molecular formula is C20H23N3O. The van der Waals surface area contributed by atoms with Crippen molar-refractivity contribution in [2.75, 3.05) is 5.32 Å². The van der Waals surface area contributed by atoms with Crippen molar-refractivity contribution < 1.29 is 4.79 Å². The van der Waals surface area contributed by atoms with Crippen molar-refractivity contribution in [2.24, 2.45) is 0 Å². The molecule has 0 unspecified atom stereocenters. The third kappa shape index (κ3) is 3.18. The number of aromatic nitrogens is 2. The van der Waals surface area contributed by atoms with Crippen LogP contribution in [0.2, 0.25) is 0 Å². The van der Waals surface area contributed by atoms with Crippen LogP contribution in [0.25, 0.3) is 11.0 Å². The monoisotopic (exact) mass is 321 g/mol. The first-order valence-corrected chi connectivity index (χ1v) is 8.16. The van der Waals surface area contributed by atoms with Gasteiger partial charge >= 0.3 is 0 Å². The Bertz CT molecular complexity index is 917. The van der Waals surface area contributed by atoms with Gasteiger partial charge < -0.3 is 9.88 Å². The van der Waals surface area contributed by atoms with Gasteiger partial charge in [-0.05, 0) is 81.1 Å². The molecule has 0 aliphatic carbocycles. The van der Waals surface area contributed by atoms with E-state index in [1.807, 2.05) is 37.5 Å². The van der Waals surface area contributed by atoms with Gasteiger partial charge in [0.1, 0.15) is 12.4 Å². The number of imidazole rings is 1. The molecule has 124 valence electrons. The second kappa shape index (κ2) is 6.11. The fourth-order valence-corrected chi connectivity index (χ4v) is 3.09. The minimum atomic E-state index is -0.0411. The topological polar surface area (TPSA) is 46.9 Å². The van der Waals surface area contributed by atoms with Crippen LogP contribution in [0.5, 0.6) is 0 Å². The summed E-state index contributed by atoms with van der Waals surface area (Å²) < 4.78 is 1.97. The van der Waals surface area contributed by atoms with Crippen LogP contribution in [0.3, 0.4) is 0 Å². The highest BCUT2D eigenvalue weighted by Gasteiger charge is 2.12. The number of aryl methyl sites for hydroxylation is 5. The number of hydrogen-bond acceptors (Lipinski definition) is 2. The number of rotatable bonds is 3. The van der Waals surface area contributed by atoms with Crippen molar-refractivity contribution in [1.82, 2.24) is 9.55 Å². The summed E-state index contributed by atoms with van der Waals surface area (Å²) >= 11 is 0. The van der Waals surface area contributed by atoms with Gasteiger partial charge in [-0.1, -0.05) is 6.07 Å². The summed E-state index contributed by atoms with van der Waals surface area (Å²) in [5, 5.41) is 2.99. The van der Waals surface area contributed by atoms with Crippen molar-refractivity contribution in [2.45, 2.75) is 41.2 Å². The second-order valence-electron chi connectivity index (χ2n) is 6.59. The number of amides is 1. The molecule has 2 aromatic carbocycles. The first kappa shape index (κ1) is 16.2. The van der Waals surface area contributed by atoms with Gasteiger partial charge in [0.2, 0.25) is 5.91 Å². The SMILES string of the molecule is Cc1cc(C)cc(NC(=O)Cn2c(C)nc3cc(C)c(C)cc32)c1. The normalized spacial score (nSPS) is 11.0. The Kier molecular flexibility index (Phi) is 4.14. The second-order valence-corrected chi connectivity index (χ2v) is 6.59. The Balaban J connectivity index is 1.87. The van der Waals surface area contributed by atoms with Crippen molar-refractivity contribution in [1.29, 1.82) is 0 Å². The van der Waals surface area contributed by atoms with Crippen LogP contribution in [-0.4, -0.2) is 15.5 Å². The molecule has 1 N–H and O–H groups in total. The van der Waals surface area contributed by atoms with E-state index >= 15 is 0 Å². The molecule has 0 bridgehead atoms. The first-order valence-electron chi connectivity index (χ1n) is 8.16. The number of hydrogen-bond donors (Lipinski definition) is 1. The number of benzene rings is 2. The molecule has 24 heavy (non-hydrogen) atoms. The van der Waals surface area contributed by atoms with Crippen LogP contribution in [0, 0.1) is 34.6 Å². The number of carbonyl (C=O) groups is 1. The average Bonchev–Trinajstić information content (AvgIpc) is 2.74. The lowest BCUT2D eigenvalue weighted by Gasteiger charge is -2.10. The summed E-state index contributed by atoms with van der Waals surface area (Å²) in [6.45, 7) is 10.4. The molecule has 4 heteroatoms. The summed E-state index contributed by atoms with van der Waals surface area (Å²) in [5.74, 6) is 0.811. The van der Waals surface area contributed by atoms with Gasteiger partial charge in [-0.25, -0.2) is 4.98 Å². The molecule has 4 nitrogen and oxygen atoms in total. The number of nitrogens with one attached hydrogen (secondary N) is 1. The lowest BCUT2D eigenvalue weighted by molar-refractivity contribution is -0.116. The summed E-state index contributed by atoms with van der Waals surface area (Å²) in [5.41, 5.74) is 7.49. The maximum absolute atomic E-state index is 12.5. The van der Waals surface area contributed by atoms with Gasteiger partial charge in [0.25, 0.3) is 0 Å². The van der Waals surface area contributed by atoms with E-state index in [2.05, 4.69) is 42.3 Å². The third-order valence-corrected chi connectivity index (χ3v) is 4.36. The Morgan fingerprint density at radius 3 is 2.25 bits per heavy atom. The van der Waals surface area contributed by atoms with Crippen molar-refractivity contribution in [3.05, 3.63) is 58.4 Å². The minimum Gasteiger partial charge on any atom is -0.325 e. The highest BCUT2D eigenvalue weighted by molar-refractivity contribution is 5.92. The molecule has 0 atom stereocenters. The Morgan fingerprint density at radius 1 is 0.958 bits per heavy atom. The third-order valence-electron chi connectivity index (χ3n) is 4.36. The molecule has 3 aromatic rings. The summed E-state index contributed by atoms with van der Waals surface area (Å²) in [4.78, 5) is 17.1. The highest BCUT2D eigenvalue weighted by Crippen LogP contribution is 2.21. The van der Waals surface area contributed by atoms with Gasteiger partial charge in [-0.15, -0.1) is 0 Å². The van der Waals surface area contributed by atoms with Crippen LogP contribution >= 0.6 is 0 Å². The zero-order valence-electron chi connectivity index (χ0n) is 14.9. The maximum atomic E-state index is 12.5. The van der Waals surface area contributed by atoms with Crippen LogP contribution in [0.1, 0.15) is 28.1 Å². The van der Waals surface area contributed by atoms with Gasteiger partial charge in [0, 0.05) is 5.69 Å². The molecule has 1 heterocycles. The number of nitrogens with zero attached hydrogens (tertiary/aromatic N) is 2. The summed E-state index contributed by atoms with van der Waals surface area (Å²) in [6.07, 6.45) is 0. The lowest BCUT2D eigenvalue weighted by Crippen LogP contribution is -2.19. The predicted octanol–water partition coefficient (Wildman–Crippen LogP) is 4.22. The van der Waals surface area contributed by atoms with Crippen LogP contribution in [0.4, 0.5) is 5.69 Å². The zero-order valence-corrected chi connectivity index (χ0v) is 14.9. The number of fused-ring (bicyclic) bond motifs is 1. The molecule has 0 saturated heterocycles. The van der Waals surface area contributed by atoms with Crippen molar-refractivity contribution in [3.8, 4) is 0 Å². The summed E-state index contributed by atoms with van der Waals surface area (Å²) in [7, 11) is 0. The quantitative estimate of drug-likeness (QED) is 0.785. The van der Waals surface area contributed by atoms with Crippen molar-refractivity contribution in [3.63, 3.8) is 0 Å². The van der Waals surface area contributed by atoms with E-state index in [1.54, 1.807) is 0 Å². The molecule has 0 fully saturated rings. The molecule has 0 aliphatic rings. The molecule has 0 radical (unpaired) electrons. The van der Waals surface area contributed by atoms with E-state index < -0.39 is 0 Å². The number of carbonyl (C=O) groups excluding carboxylic acids is 1. The first-order chi connectivity index (χ1) is 11.3. The molecule has 1 amide bonds. The van der Waals surface area contributed by atoms with Crippen molar-refractivity contribution >= 4 is 22.6 Å². The number of anilines is 1. The van der Waals surface area contributed by atoms with E-state index in [9.17, 15) is 4.79 Å². The zero-order chi connectivity index (χ0) is 17.4. The van der Waals surface area contributed by atoms with Gasteiger partial charge in [0.15, 0.2) is 0 Å². The van der Waals surface area contributed by atoms with Gasteiger partial charge in [-0.3, -0.25) is 4.79 Å². The van der Waals surface area contributed by atoms with Crippen LogP contribution < -0.4 is 5.32 Å². The fourth-order valence-electron chi connectivity index (χ4n) is 3.09. The van der Waals surface area contributed by atoms with E-state index in [4.69, 9.17) is 0 Å². The lowest BCUT2D eigenvalue weighted by atomic mass is 10.1.